The van der Waals surface area contributed by atoms with Crippen molar-refractivity contribution in [2.24, 2.45) is 0 Å². The van der Waals surface area contributed by atoms with Crippen LogP contribution in [0.25, 0.3) is 0 Å². The summed E-state index contributed by atoms with van der Waals surface area (Å²) in [7, 11) is 0. The first-order valence-electron chi connectivity index (χ1n) is 7.18. The van der Waals surface area contributed by atoms with Gasteiger partial charge in [-0.2, -0.15) is 13.2 Å². The summed E-state index contributed by atoms with van der Waals surface area (Å²) in [5.74, 6) is -0.183. The fourth-order valence-electron chi connectivity index (χ4n) is 2.02. The number of halogens is 5. The van der Waals surface area contributed by atoms with Gasteiger partial charge in [-0.3, -0.25) is 4.79 Å². The number of aryl methyl sites for hydroxylation is 1. The third-order valence-corrected chi connectivity index (χ3v) is 3.93. The van der Waals surface area contributed by atoms with Gasteiger partial charge in [0, 0.05) is 5.02 Å². The molecule has 0 aliphatic heterocycles. The molecule has 0 heterocycles. The third kappa shape index (κ3) is 5.03. The number of amides is 1. The largest absolute Gasteiger partial charge is 0.481 e. The molecule has 0 fully saturated rings. The molecule has 0 saturated heterocycles. The molecule has 2 aromatic carbocycles. The van der Waals surface area contributed by atoms with Crippen molar-refractivity contribution in [1.82, 2.24) is 0 Å². The van der Waals surface area contributed by atoms with Crippen molar-refractivity contribution < 1.29 is 22.7 Å². The van der Waals surface area contributed by atoms with E-state index >= 15 is 0 Å². The lowest BCUT2D eigenvalue weighted by Gasteiger charge is -2.17. The van der Waals surface area contributed by atoms with Crippen LogP contribution in [-0.4, -0.2) is 12.0 Å². The third-order valence-electron chi connectivity index (χ3n) is 3.36. The van der Waals surface area contributed by atoms with Crippen LogP contribution in [0.3, 0.4) is 0 Å². The molecule has 0 radical (unpaired) electrons. The minimum atomic E-state index is -4.54. The highest BCUT2D eigenvalue weighted by molar-refractivity contribution is 6.33. The summed E-state index contributed by atoms with van der Waals surface area (Å²) in [6.07, 6.45) is -5.49. The zero-order valence-corrected chi connectivity index (χ0v) is 14.8. The van der Waals surface area contributed by atoms with E-state index in [1.54, 1.807) is 25.1 Å². The molecule has 1 amide bonds. The molecule has 0 aliphatic carbocycles. The van der Waals surface area contributed by atoms with Crippen LogP contribution in [-0.2, 0) is 11.0 Å². The fraction of sp³-hybridized carbons (Fsp3) is 0.235. The predicted molar refractivity (Wildman–Crippen MR) is 91.4 cm³/mol. The van der Waals surface area contributed by atoms with Crippen LogP contribution < -0.4 is 10.1 Å². The molecule has 0 aliphatic rings. The number of anilines is 1. The summed E-state index contributed by atoms with van der Waals surface area (Å²) < 4.78 is 43.8. The van der Waals surface area contributed by atoms with Gasteiger partial charge in [-0.25, -0.2) is 0 Å². The van der Waals surface area contributed by atoms with E-state index in [1.807, 2.05) is 0 Å². The molecule has 1 atom stereocenters. The lowest BCUT2D eigenvalue weighted by molar-refractivity contribution is -0.137. The molecular weight excluding hydrogens is 378 g/mol. The van der Waals surface area contributed by atoms with Gasteiger partial charge in [0.1, 0.15) is 5.75 Å². The van der Waals surface area contributed by atoms with Crippen molar-refractivity contribution in [1.29, 1.82) is 0 Å². The zero-order valence-electron chi connectivity index (χ0n) is 13.2. The SMILES string of the molecule is Cc1cc(Cl)ccc1O[C@@H](C)C(=O)Nc1cc(C(F)(F)F)ccc1Cl. The van der Waals surface area contributed by atoms with Gasteiger partial charge in [-0.15, -0.1) is 0 Å². The quantitative estimate of drug-likeness (QED) is 0.722. The molecule has 8 heteroatoms. The highest BCUT2D eigenvalue weighted by Crippen LogP contribution is 2.34. The maximum atomic E-state index is 12.8. The fourth-order valence-corrected chi connectivity index (χ4v) is 2.41. The van der Waals surface area contributed by atoms with Crippen LogP contribution in [0.5, 0.6) is 5.75 Å². The van der Waals surface area contributed by atoms with Crippen LogP contribution in [0.15, 0.2) is 36.4 Å². The van der Waals surface area contributed by atoms with Crippen LogP contribution in [0.2, 0.25) is 10.0 Å². The van der Waals surface area contributed by atoms with Crippen molar-refractivity contribution in [2.75, 3.05) is 5.32 Å². The van der Waals surface area contributed by atoms with Gasteiger partial charge < -0.3 is 10.1 Å². The van der Waals surface area contributed by atoms with E-state index in [0.717, 1.165) is 23.8 Å². The van der Waals surface area contributed by atoms with Crippen LogP contribution in [0.1, 0.15) is 18.1 Å². The van der Waals surface area contributed by atoms with E-state index < -0.39 is 23.8 Å². The van der Waals surface area contributed by atoms with E-state index in [1.165, 1.54) is 6.92 Å². The van der Waals surface area contributed by atoms with Crippen molar-refractivity contribution in [2.45, 2.75) is 26.1 Å². The second kappa shape index (κ2) is 7.54. The summed E-state index contributed by atoms with van der Waals surface area (Å²) in [5, 5.41) is 2.87. The van der Waals surface area contributed by atoms with Gasteiger partial charge in [0.15, 0.2) is 6.10 Å². The Bertz CT molecular complexity index is 794. The Morgan fingerprint density at radius 1 is 1.16 bits per heavy atom. The van der Waals surface area contributed by atoms with Gasteiger partial charge >= 0.3 is 6.18 Å². The zero-order chi connectivity index (χ0) is 18.8. The molecule has 134 valence electrons. The molecule has 0 unspecified atom stereocenters. The van der Waals surface area contributed by atoms with E-state index in [-0.39, 0.29) is 10.7 Å². The molecule has 2 rings (SSSR count). The minimum Gasteiger partial charge on any atom is -0.481 e. The number of nitrogens with one attached hydrogen (secondary N) is 1. The number of carbonyl (C=O) groups excluding carboxylic acids is 1. The Morgan fingerprint density at radius 3 is 2.44 bits per heavy atom. The second-order valence-corrected chi connectivity index (χ2v) is 6.20. The Labute approximate surface area is 152 Å². The monoisotopic (exact) mass is 391 g/mol. The number of benzene rings is 2. The Balaban J connectivity index is 2.13. The van der Waals surface area contributed by atoms with Gasteiger partial charge in [0.05, 0.1) is 16.3 Å². The average Bonchev–Trinajstić information content (AvgIpc) is 2.50. The number of alkyl halides is 3. The summed E-state index contributed by atoms with van der Waals surface area (Å²) in [4.78, 5) is 12.2. The summed E-state index contributed by atoms with van der Waals surface area (Å²) in [5.41, 5.74) is -0.316. The number of hydrogen-bond acceptors (Lipinski definition) is 2. The van der Waals surface area contributed by atoms with Gasteiger partial charge in [0.2, 0.25) is 0 Å². The summed E-state index contributed by atoms with van der Waals surface area (Å²) in [6, 6.07) is 7.59. The Kier molecular flexibility index (Phi) is 5.85. The van der Waals surface area contributed by atoms with E-state index in [4.69, 9.17) is 27.9 Å². The molecule has 0 bridgehead atoms. The average molecular weight is 392 g/mol. The van der Waals surface area contributed by atoms with Crippen LogP contribution in [0.4, 0.5) is 18.9 Å². The number of hydrogen-bond donors (Lipinski definition) is 1. The number of ether oxygens (including phenoxy) is 1. The molecule has 25 heavy (non-hydrogen) atoms. The molecule has 0 aromatic heterocycles. The van der Waals surface area contributed by atoms with Crippen LogP contribution >= 0.6 is 23.2 Å². The van der Waals surface area contributed by atoms with E-state index in [9.17, 15) is 18.0 Å². The molecular formula is C17H14Cl2F3NO2. The highest BCUT2D eigenvalue weighted by atomic mass is 35.5. The first-order chi connectivity index (χ1) is 11.6. The predicted octanol–water partition coefficient (Wildman–Crippen LogP) is 5.73. The molecule has 2 aromatic rings. The van der Waals surface area contributed by atoms with Crippen molar-refractivity contribution in [3.63, 3.8) is 0 Å². The number of carbonyl (C=O) groups is 1. The molecule has 3 nitrogen and oxygen atoms in total. The molecule has 1 N–H and O–H groups in total. The minimum absolute atomic E-state index is 0.00350. The van der Waals surface area contributed by atoms with Gasteiger partial charge in [-0.05, 0) is 55.8 Å². The smallest absolute Gasteiger partial charge is 0.416 e. The normalized spacial score (nSPS) is 12.6. The summed E-state index contributed by atoms with van der Waals surface area (Å²) in [6.45, 7) is 3.24. The first kappa shape index (κ1) is 19.4. The topological polar surface area (TPSA) is 38.3 Å². The molecule has 0 saturated carbocycles. The van der Waals surface area contributed by atoms with Crippen molar-refractivity contribution >= 4 is 34.8 Å². The molecule has 0 spiro atoms. The number of rotatable bonds is 4. The summed E-state index contributed by atoms with van der Waals surface area (Å²) >= 11 is 11.7. The second-order valence-electron chi connectivity index (χ2n) is 5.35. The van der Waals surface area contributed by atoms with Crippen molar-refractivity contribution in [3.8, 4) is 5.75 Å². The first-order valence-corrected chi connectivity index (χ1v) is 7.94. The van der Waals surface area contributed by atoms with Crippen LogP contribution in [0, 0.1) is 6.92 Å². The van der Waals surface area contributed by atoms with Crippen molar-refractivity contribution in [3.05, 3.63) is 57.6 Å². The lowest BCUT2D eigenvalue weighted by atomic mass is 10.2. The Hall–Kier alpha value is -1.92. The van der Waals surface area contributed by atoms with Gasteiger partial charge in [-0.1, -0.05) is 23.2 Å². The van der Waals surface area contributed by atoms with Gasteiger partial charge in [0.25, 0.3) is 5.91 Å². The maximum absolute atomic E-state index is 12.8. The van der Waals surface area contributed by atoms with E-state index in [0.29, 0.717) is 10.8 Å². The maximum Gasteiger partial charge on any atom is 0.416 e. The lowest BCUT2D eigenvalue weighted by Crippen LogP contribution is -2.30. The highest BCUT2D eigenvalue weighted by Gasteiger charge is 2.31. The Morgan fingerprint density at radius 2 is 1.84 bits per heavy atom. The standard InChI is InChI=1S/C17H14Cl2F3NO2/c1-9-7-12(18)4-6-15(9)25-10(2)16(24)23-14-8-11(17(20,21)22)3-5-13(14)19/h3-8,10H,1-2H3,(H,23,24)/t10-/m0/s1. The van der Waals surface area contributed by atoms with E-state index in [2.05, 4.69) is 5.32 Å².